The SMILES string of the molecule is CCN(C)C(C(=O)N1CCC(CNC)CC1)c1ccccc1.Cl.Cl. The van der Waals surface area contributed by atoms with E-state index >= 15 is 0 Å². The van der Waals surface area contributed by atoms with Gasteiger partial charge in [-0.2, -0.15) is 0 Å². The van der Waals surface area contributed by atoms with Crippen LogP contribution in [-0.2, 0) is 4.79 Å². The Labute approximate surface area is 158 Å². The molecule has 6 heteroatoms. The van der Waals surface area contributed by atoms with Gasteiger partial charge in [0.25, 0.3) is 0 Å². The smallest absolute Gasteiger partial charge is 0.244 e. The molecule has 1 aliphatic rings. The molecule has 1 saturated heterocycles. The van der Waals surface area contributed by atoms with Crippen molar-refractivity contribution in [1.82, 2.24) is 15.1 Å². The van der Waals surface area contributed by atoms with Gasteiger partial charge < -0.3 is 10.2 Å². The highest BCUT2D eigenvalue weighted by Crippen LogP contribution is 2.25. The highest BCUT2D eigenvalue weighted by molar-refractivity contribution is 5.85. The predicted molar refractivity (Wildman–Crippen MR) is 105 cm³/mol. The Morgan fingerprint density at radius 1 is 1.25 bits per heavy atom. The first-order valence-electron chi connectivity index (χ1n) is 8.36. The second-order valence-corrected chi connectivity index (χ2v) is 6.21. The number of hydrogen-bond acceptors (Lipinski definition) is 3. The summed E-state index contributed by atoms with van der Waals surface area (Å²) in [4.78, 5) is 17.2. The summed E-state index contributed by atoms with van der Waals surface area (Å²) in [5.74, 6) is 0.951. The second kappa shape index (κ2) is 11.7. The molecular weight excluding hydrogens is 345 g/mol. The predicted octanol–water partition coefficient (Wildman–Crippen LogP) is 2.98. The van der Waals surface area contributed by atoms with Gasteiger partial charge in [-0.25, -0.2) is 0 Å². The number of benzene rings is 1. The summed E-state index contributed by atoms with van der Waals surface area (Å²) in [5.41, 5.74) is 1.09. The molecule has 0 spiro atoms. The molecule has 1 fully saturated rings. The van der Waals surface area contributed by atoms with Gasteiger partial charge >= 0.3 is 0 Å². The fourth-order valence-corrected chi connectivity index (χ4v) is 3.22. The standard InChI is InChI=1S/C18H29N3O.2ClH/c1-4-20(3)17(16-8-6-5-7-9-16)18(22)21-12-10-15(11-13-21)14-19-2;;/h5-9,15,17,19H,4,10-14H2,1-3H3;2*1H. The van der Waals surface area contributed by atoms with Crippen LogP contribution in [0.5, 0.6) is 0 Å². The fourth-order valence-electron chi connectivity index (χ4n) is 3.22. The average molecular weight is 376 g/mol. The largest absolute Gasteiger partial charge is 0.341 e. The van der Waals surface area contributed by atoms with E-state index in [4.69, 9.17) is 0 Å². The molecule has 1 amide bonds. The Balaban J connectivity index is 0.00000264. The first-order valence-corrected chi connectivity index (χ1v) is 8.36. The van der Waals surface area contributed by atoms with Gasteiger partial charge in [0.15, 0.2) is 0 Å². The molecule has 0 radical (unpaired) electrons. The summed E-state index contributed by atoms with van der Waals surface area (Å²) in [6.45, 7) is 5.78. The van der Waals surface area contributed by atoms with Crippen molar-refractivity contribution in [1.29, 1.82) is 0 Å². The number of nitrogens with one attached hydrogen (secondary N) is 1. The van der Waals surface area contributed by atoms with Gasteiger partial charge in [0, 0.05) is 13.1 Å². The normalized spacial score (nSPS) is 16.2. The minimum atomic E-state index is -0.160. The van der Waals surface area contributed by atoms with Crippen LogP contribution in [0.25, 0.3) is 0 Å². The van der Waals surface area contributed by atoms with Gasteiger partial charge in [0.1, 0.15) is 6.04 Å². The van der Waals surface area contributed by atoms with Crippen LogP contribution < -0.4 is 5.32 Å². The molecule has 0 aliphatic carbocycles. The Bertz CT molecular complexity index is 465. The van der Waals surface area contributed by atoms with Crippen molar-refractivity contribution in [3.8, 4) is 0 Å². The number of hydrogen-bond donors (Lipinski definition) is 1. The second-order valence-electron chi connectivity index (χ2n) is 6.21. The van der Waals surface area contributed by atoms with Crippen LogP contribution in [0.2, 0.25) is 0 Å². The molecular formula is C18H31Cl2N3O. The lowest BCUT2D eigenvalue weighted by Crippen LogP contribution is -2.46. The van der Waals surface area contributed by atoms with Crippen molar-refractivity contribution in [3.63, 3.8) is 0 Å². The molecule has 1 aliphatic heterocycles. The number of piperidine rings is 1. The summed E-state index contributed by atoms with van der Waals surface area (Å²) >= 11 is 0. The first-order chi connectivity index (χ1) is 10.7. The average Bonchev–Trinajstić information content (AvgIpc) is 2.56. The highest BCUT2D eigenvalue weighted by atomic mass is 35.5. The number of halogens is 2. The van der Waals surface area contributed by atoms with Crippen molar-refractivity contribution < 1.29 is 4.79 Å². The zero-order valence-electron chi connectivity index (χ0n) is 14.9. The van der Waals surface area contributed by atoms with E-state index in [9.17, 15) is 4.79 Å². The lowest BCUT2D eigenvalue weighted by atomic mass is 9.95. The summed E-state index contributed by atoms with van der Waals surface area (Å²) in [6.07, 6.45) is 2.20. The Kier molecular flexibility index (Phi) is 11.3. The number of carbonyl (C=O) groups is 1. The van der Waals surface area contributed by atoms with Crippen molar-refractivity contribution in [2.24, 2.45) is 5.92 Å². The molecule has 1 aromatic carbocycles. The van der Waals surface area contributed by atoms with Gasteiger partial charge in [0.05, 0.1) is 0 Å². The van der Waals surface area contributed by atoms with E-state index in [0.717, 1.165) is 44.6 Å². The Morgan fingerprint density at radius 3 is 2.33 bits per heavy atom. The van der Waals surface area contributed by atoms with Gasteiger partial charge in [-0.05, 0) is 51.5 Å². The van der Waals surface area contributed by atoms with E-state index in [1.807, 2.05) is 32.3 Å². The molecule has 2 rings (SSSR count). The topological polar surface area (TPSA) is 35.6 Å². The maximum absolute atomic E-state index is 13.0. The van der Waals surface area contributed by atoms with Gasteiger partial charge in [-0.1, -0.05) is 37.3 Å². The number of nitrogens with zero attached hydrogens (tertiary/aromatic N) is 2. The minimum absolute atomic E-state index is 0. The molecule has 1 unspecified atom stereocenters. The zero-order valence-corrected chi connectivity index (χ0v) is 16.5. The number of likely N-dealkylation sites (tertiary alicyclic amines) is 1. The minimum Gasteiger partial charge on any atom is -0.341 e. The van der Waals surface area contributed by atoms with Crippen LogP contribution in [0.15, 0.2) is 30.3 Å². The van der Waals surface area contributed by atoms with Crippen molar-refractivity contribution in [3.05, 3.63) is 35.9 Å². The Morgan fingerprint density at radius 2 is 1.83 bits per heavy atom. The van der Waals surface area contributed by atoms with Crippen molar-refractivity contribution in [2.45, 2.75) is 25.8 Å². The molecule has 1 N–H and O–H groups in total. The third kappa shape index (κ3) is 5.92. The number of likely N-dealkylation sites (N-methyl/N-ethyl adjacent to an activating group) is 1. The fraction of sp³-hybridized carbons (Fsp3) is 0.611. The molecule has 1 heterocycles. The molecule has 1 aromatic rings. The third-order valence-electron chi connectivity index (χ3n) is 4.71. The third-order valence-corrected chi connectivity index (χ3v) is 4.71. The summed E-state index contributed by atoms with van der Waals surface area (Å²) in [7, 11) is 4.03. The molecule has 138 valence electrons. The van der Waals surface area contributed by atoms with E-state index in [1.165, 1.54) is 0 Å². The molecule has 0 aromatic heterocycles. The van der Waals surface area contributed by atoms with E-state index in [2.05, 4.69) is 34.2 Å². The summed E-state index contributed by atoms with van der Waals surface area (Å²) in [6, 6.07) is 9.98. The highest BCUT2D eigenvalue weighted by Gasteiger charge is 2.31. The van der Waals surface area contributed by atoms with E-state index < -0.39 is 0 Å². The van der Waals surface area contributed by atoms with Crippen LogP contribution in [0.3, 0.4) is 0 Å². The summed E-state index contributed by atoms with van der Waals surface area (Å²) < 4.78 is 0. The monoisotopic (exact) mass is 375 g/mol. The maximum Gasteiger partial charge on any atom is 0.244 e. The lowest BCUT2D eigenvalue weighted by Gasteiger charge is -2.36. The van der Waals surface area contributed by atoms with Gasteiger partial charge in [-0.15, -0.1) is 24.8 Å². The van der Waals surface area contributed by atoms with Crippen molar-refractivity contribution in [2.75, 3.05) is 40.3 Å². The van der Waals surface area contributed by atoms with E-state index in [-0.39, 0.29) is 36.8 Å². The van der Waals surface area contributed by atoms with Crippen LogP contribution in [0, 0.1) is 5.92 Å². The lowest BCUT2D eigenvalue weighted by molar-refractivity contribution is -0.138. The quantitative estimate of drug-likeness (QED) is 0.829. The van der Waals surface area contributed by atoms with E-state index in [0.29, 0.717) is 5.92 Å². The van der Waals surface area contributed by atoms with Crippen LogP contribution >= 0.6 is 24.8 Å². The molecule has 1 atom stereocenters. The number of carbonyl (C=O) groups excluding carboxylic acids is 1. The summed E-state index contributed by atoms with van der Waals surface area (Å²) in [5, 5.41) is 3.25. The maximum atomic E-state index is 13.0. The molecule has 0 saturated carbocycles. The van der Waals surface area contributed by atoms with Crippen LogP contribution in [0.1, 0.15) is 31.4 Å². The van der Waals surface area contributed by atoms with Crippen LogP contribution in [0.4, 0.5) is 0 Å². The van der Waals surface area contributed by atoms with Crippen LogP contribution in [-0.4, -0.2) is 56.0 Å². The first kappa shape index (κ1) is 23.2. The molecule has 0 bridgehead atoms. The zero-order chi connectivity index (χ0) is 15.9. The van der Waals surface area contributed by atoms with Gasteiger partial charge in [0.2, 0.25) is 5.91 Å². The number of rotatable bonds is 6. The molecule has 24 heavy (non-hydrogen) atoms. The van der Waals surface area contributed by atoms with Crippen molar-refractivity contribution >= 4 is 30.7 Å². The van der Waals surface area contributed by atoms with E-state index in [1.54, 1.807) is 0 Å². The Hall–Kier alpha value is -0.810. The van der Waals surface area contributed by atoms with Gasteiger partial charge in [-0.3, -0.25) is 9.69 Å². The number of amides is 1. The molecule has 4 nitrogen and oxygen atoms in total.